The highest BCUT2D eigenvalue weighted by Gasteiger charge is 2.38. The third-order valence-electron chi connectivity index (χ3n) is 5.46. The maximum Gasteiger partial charge on any atom is 0.490 e. The van der Waals surface area contributed by atoms with E-state index in [-0.39, 0.29) is 11.8 Å². The van der Waals surface area contributed by atoms with Crippen molar-refractivity contribution in [1.82, 2.24) is 19.8 Å². The summed E-state index contributed by atoms with van der Waals surface area (Å²) in [6, 6.07) is 2.20. The number of fused-ring (bicyclic) bond motifs is 1. The van der Waals surface area contributed by atoms with E-state index in [9.17, 15) is 18.0 Å². The molecule has 2 aliphatic rings. The fourth-order valence-corrected chi connectivity index (χ4v) is 4.13. The van der Waals surface area contributed by atoms with Crippen LogP contribution >= 0.6 is 11.3 Å². The Morgan fingerprint density at radius 2 is 2.00 bits per heavy atom. The molecular formula is C20H25F3N4O3S. The van der Waals surface area contributed by atoms with Crippen LogP contribution in [0.4, 0.5) is 13.2 Å². The van der Waals surface area contributed by atoms with E-state index in [1.54, 1.807) is 11.3 Å². The van der Waals surface area contributed by atoms with Gasteiger partial charge < -0.3 is 15.0 Å². The first-order chi connectivity index (χ1) is 14.7. The molecule has 31 heavy (non-hydrogen) atoms. The lowest BCUT2D eigenvalue weighted by Gasteiger charge is -2.24. The minimum Gasteiger partial charge on any atom is -0.475 e. The number of aliphatic carboxylic acids is 1. The van der Waals surface area contributed by atoms with E-state index in [0.717, 1.165) is 57.0 Å². The number of amides is 1. The van der Waals surface area contributed by atoms with Gasteiger partial charge in [0.1, 0.15) is 5.82 Å². The van der Waals surface area contributed by atoms with Crippen LogP contribution in [0.25, 0.3) is 0 Å². The highest BCUT2D eigenvalue weighted by atomic mass is 32.1. The maximum absolute atomic E-state index is 12.0. The zero-order valence-electron chi connectivity index (χ0n) is 16.9. The molecule has 0 spiro atoms. The fourth-order valence-electron chi connectivity index (χ4n) is 3.47. The summed E-state index contributed by atoms with van der Waals surface area (Å²) in [5.41, 5.74) is 2.53. The number of rotatable bonds is 5. The molecule has 1 fully saturated rings. The van der Waals surface area contributed by atoms with E-state index in [2.05, 4.69) is 36.6 Å². The number of carbonyl (C=O) groups is 2. The smallest absolute Gasteiger partial charge is 0.475 e. The molecule has 0 radical (unpaired) electrons. The standard InChI is InChI=1S/C18H24N4OS.C2HF3O2/c23-18(15-2-1-3-15)20-11-16-10-19-17-4-6-21(7-8-22(16)17)12-14-5-9-24-13-14;3-2(4,5)1(6)7/h5,9-10,13,15H,1-4,6-8,11-12H2,(H,20,23);(H,6,7). The molecule has 1 aliphatic carbocycles. The predicted molar refractivity (Wildman–Crippen MR) is 108 cm³/mol. The Labute approximate surface area is 181 Å². The average molecular weight is 459 g/mol. The molecule has 0 saturated heterocycles. The first kappa shape index (κ1) is 23.3. The van der Waals surface area contributed by atoms with Gasteiger partial charge in [0.05, 0.1) is 18.4 Å². The average Bonchev–Trinajstić information content (AvgIpc) is 3.25. The molecule has 0 bridgehead atoms. The predicted octanol–water partition coefficient (Wildman–Crippen LogP) is 3.05. The monoisotopic (exact) mass is 458 g/mol. The molecule has 2 N–H and O–H groups in total. The lowest BCUT2D eigenvalue weighted by Crippen LogP contribution is -2.34. The number of thiophene rings is 1. The van der Waals surface area contributed by atoms with Crippen LogP contribution in [0, 0.1) is 5.92 Å². The summed E-state index contributed by atoms with van der Waals surface area (Å²) >= 11 is 1.76. The van der Waals surface area contributed by atoms with E-state index < -0.39 is 12.1 Å². The Hall–Kier alpha value is -2.40. The molecule has 3 heterocycles. The Morgan fingerprint density at radius 1 is 1.26 bits per heavy atom. The van der Waals surface area contributed by atoms with Crippen LogP contribution in [0.5, 0.6) is 0 Å². The Kier molecular flexibility index (Phi) is 7.71. The quantitative estimate of drug-likeness (QED) is 0.719. The third-order valence-corrected chi connectivity index (χ3v) is 6.19. The third kappa shape index (κ3) is 6.54. The van der Waals surface area contributed by atoms with E-state index in [0.29, 0.717) is 6.54 Å². The van der Waals surface area contributed by atoms with Gasteiger partial charge in [-0.2, -0.15) is 24.5 Å². The molecule has 0 aromatic carbocycles. The first-order valence-electron chi connectivity index (χ1n) is 10.1. The van der Waals surface area contributed by atoms with Gasteiger partial charge >= 0.3 is 12.1 Å². The number of nitrogens with one attached hydrogen (secondary N) is 1. The minimum atomic E-state index is -5.08. The molecule has 2 aromatic heterocycles. The number of carboxylic acid groups (broad SMARTS) is 1. The summed E-state index contributed by atoms with van der Waals surface area (Å²) in [7, 11) is 0. The zero-order valence-corrected chi connectivity index (χ0v) is 17.7. The molecule has 11 heteroatoms. The summed E-state index contributed by atoms with van der Waals surface area (Å²) < 4.78 is 34.0. The van der Waals surface area contributed by atoms with Gasteiger partial charge in [0.2, 0.25) is 5.91 Å². The summed E-state index contributed by atoms with van der Waals surface area (Å²) in [5, 5.41) is 14.6. The first-order valence-corrected chi connectivity index (χ1v) is 11.0. The second kappa shape index (κ2) is 10.3. The van der Waals surface area contributed by atoms with Crippen molar-refractivity contribution in [3.8, 4) is 0 Å². The molecule has 4 rings (SSSR count). The van der Waals surface area contributed by atoms with Crippen molar-refractivity contribution >= 4 is 23.2 Å². The van der Waals surface area contributed by atoms with Gasteiger partial charge in [0, 0.05) is 38.5 Å². The van der Waals surface area contributed by atoms with Gasteiger partial charge in [0.25, 0.3) is 0 Å². The van der Waals surface area contributed by atoms with Crippen molar-refractivity contribution in [2.75, 3.05) is 13.1 Å². The van der Waals surface area contributed by atoms with Gasteiger partial charge in [0.15, 0.2) is 0 Å². The number of halogens is 3. The topological polar surface area (TPSA) is 87.5 Å². The minimum absolute atomic E-state index is 0.213. The van der Waals surface area contributed by atoms with Gasteiger partial charge in [-0.25, -0.2) is 9.78 Å². The lowest BCUT2D eigenvalue weighted by molar-refractivity contribution is -0.192. The van der Waals surface area contributed by atoms with Crippen LogP contribution in [-0.4, -0.2) is 50.7 Å². The van der Waals surface area contributed by atoms with E-state index in [1.165, 1.54) is 12.0 Å². The van der Waals surface area contributed by atoms with Crippen LogP contribution in [0.1, 0.15) is 36.3 Å². The highest BCUT2D eigenvalue weighted by Crippen LogP contribution is 2.26. The number of hydrogen-bond donors (Lipinski definition) is 2. The molecule has 1 saturated carbocycles. The molecule has 170 valence electrons. The van der Waals surface area contributed by atoms with Crippen LogP contribution in [0.3, 0.4) is 0 Å². The largest absolute Gasteiger partial charge is 0.490 e. The summed E-state index contributed by atoms with van der Waals surface area (Å²) in [5.74, 6) is -1.15. The number of hydrogen-bond acceptors (Lipinski definition) is 5. The fraction of sp³-hybridized carbons (Fsp3) is 0.550. The number of carboxylic acids is 1. The summed E-state index contributed by atoms with van der Waals surface area (Å²) in [6.45, 7) is 4.65. The van der Waals surface area contributed by atoms with Crippen molar-refractivity contribution in [1.29, 1.82) is 0 Å². The van der Waals surface area contributed by atoms with Crippen LogP contribution in [0.15, 0.2) is 23.0 Å². The summed E-state index contributed by atoms with van der Waals surface area (Å²) in [6.07, 6.45) is 1.12. The van der Waals surface area contributed by atoms with E-state index >= 15 is 0 Å². The van der Waals surface area contributed by atoms with Crippen molar-refractivity contribution in [3.05, 3.63) is 40.1 Å². The summed E-state index contributed by atoms with van der Waals surface area (Å²) in [4.78, 5) is 28.0. The van der Waals surface area contributed by atoms with Crippen LogP contribution in [-0.2, 0) is 35.6 Å². The van der Waals surface area contributed by atoms with Gasteiger partial charge in [-0.15, -0.1) is 0 Å². The zero-order chi connectivity index (χ0) is 22.4. The number of imidazole rings is 1. The molecule has 7 nitrogen and oxygen atoms in total. The Bertz CT molecular complexity index is 879. The molecular weight excluding hydrogens is 433 g/mol. The lowest BCUT2D eigenvalue weighted by atomic mass is 9.85. The number of carbonyl (C=O) groups excluding carboxylic acids is 1. The normalized spacial score (nSPS) is 17.0. The van der Waals surface area contributed by atoms with Crippen molar-refractivity contribution in [2.45, 2.75) is 51.5 Å². The second-order valence-corrected chi connectivity index (χ2v) is 8.40. The molecule has 0 unspecified atom stereocenters. The molecule has 0 atom stereocenters. The molecule has 2 aromatic rings. The number of alkyl halides is 3. The maximum atomic E-state index is 12.0. The molecule has 1 aliphatic heterocycles. The van der Waals surface area contributed by atoms with Gasteiger partial charge in [-0.3, -0.25) is 9.69 Å². The molecule has 1 amide bonds. The number of aromatic nitrogens is 2. The van der Waals surface area contributed by atoms with Crippen LogP contribution < -0.4 is 5.32 Å². The second-order valence-electron chi connectivity index (χ2n) is 7.62. The van der Waals surface area contributed by atoms with E-state index in [4.69, 9.17) is 9.90 Å². The van der Waals surface area contributed by atoms with Gasteiger partial charge in [-0.1, -0.05) is 6.42 Å². The van der Waals surface area contributed by atoms with Crippen molar-refractivity contribution in [2.24, 2.45) is 5.92 Å². The highest BCUT2D eigenvalue weighted by molar-refractivity contribution is 7.07. The Balaban J connectivity index is 0.000000339. The van der Waals surface area contributed by atoms with Crippen LogP contribution in [0.2, 0.25) is 0 Å². The van der Waals surface area contributed by atoms with Crippen molar-refractivity contribution < 1.29 is 27.9 Å². The Morgan fingerprint density at radius 3 is 2.58 bits per heavy atom. The van der Waals surface area contributed by atoms with Crippen molar-refractivity contribution in [3.63, 3.8) is 0 Å². The van der Waals surface area contributed by atoms with Gasteiger partial charge in [-0.05, 0) is 35.2 Å². The SMILES string of the molecule is O=C(NCc1cnc2n1CCN(Cc1ccsc1)CC2)C1CCC1.O=C(O)C(F)(F)F. The van der Waals surface area contributed by atoms with E-state index in [1.807, 2.05) is 6.20 Å². The number of nitrogens with zero attached hydrogens (tertiary/aromatic N) is 3.